The van der Waals surface area contributed by atoms with Crippen LogP contribution in [0, 0.1) is 0 Å². The normalized spacial score (nSPS) is 14.0. The van der Waals surface area contributed by atoms with Crippen molar-refractivity contribution in [3.63, 3.8) is 0 Å². The van der Waals surface area contributed by atoms with Gasteiger partial charge in [-0.25, -0.2) is 9.59 Å². The Morgan fingerprint density at radius 2 is 1.16 bits per heavy atom. The van der Waals surface area contributed by atoms with E-state index in [1.165, 1.54) is 0 Å². The molecule has 0 aliphatic carbocycles. The SMILES string of the molecule is O=c1oc2ccccc2c(O)c1C(c1ccc(N2CCOCC2)cc1)c1c(O)c2ccccc2oc1=O. The third-order valence-corrected chi connectivity index (χ3v) is 6.82. The van der Waals surface area contributed by atoms with Gasteiger partial charge in [0, 0.05) is 18.8 Å². The maximum atomic E-state index is 13.3. The second-order valence-electron chi connectivity index (χ2n) is 8.92. The summed E-state index contributed by atoms with van der Waals surface area (Å²) in [4.78, 5) is 28.7. The summed E-state index contributed by atoms with van der Waals surface area (Å²) in [6.45, 7) is 2.74. The quantitative estimate of drug-likeness (QED) is 0.353. The fourth-order valence-electron chi connectivity index (χ4n) is 4.98. The Hall–Kier alpha value is -4.56. The van der Waals surface area contributed by atoms with Crippen LogP contribution in [0.15, 0.2) is 91.2 Å². The van der Waals surface area contributed by atoms with Gasteiger partial charge in [-0.05, 0) is 42.0 Å². The average Bonchev–Trinajstić information content (AvgIpc) is 2.93. The topological polar surface area (TPSA) is 113 Å². The summed E-state index contributed by atoms with van der Waals surface area (Å²) >= 11 is 0. The van der Waals surface area contributed by atoms with E-state index in [0.29, 0.717) is 29.5 Å². The van der Waals surface area contributed by atoms with Crippen molar-refractivity contribution in [2.75, 3.05) is 31.2 Å². The molecule has 0 unspecified atom stereocenters. The molecule has 5 aromatic rings. The zero-order valence-corrected chi connectivity index (χ0v) is 19.7. The molecule has 1 saturated heterocycles. The van der Waals surface area contributed by atoms with E-state index in [4.69, 9.17) is 13.6 Å². The van der Waals surface area contributed by atoms with Crippen molar-refractivity contribution in [3.8, 4) is 11.5 Å². The molecule has 0 amide bonds. The molecule has 1 fully saturated rings. The highest BCUT2D eigenvalue weighted by Gasteiger charge is 2.32. The van der Waals surface area contributed by atoms with Gasteiger partial charge in [0.15, 0.2) is 0 Å². The Morgan fingerprint density at radius 3 is 1.68 bits per heavy atom. The van der Waals surface area contributed by atoms with Crippen LogP contribution in [0.25, 0.3) is 21.9 Å². The van der Waals surface area contributed by atoms with Crippen molar-refractivity contribution in [3.05, 3.63) is 110 Å². The van der Waals surface area contributed by atoms with E-state index >= 15 is 0 Å². The van der Waals surface area contributed by atoms with Gasteiger partial charge in [-0.1, -0.05) is 36.4 Å². The van der Waals surface area contributed by atoms with Crippen molar-refractivity contribution in [1.29, 1.82) is 0 Å². The number of aromatic hydroxyl groups is 2. The molecule has 1 aliphatic heterocycles. The van der Waals surface area contributed by atoms with Crippen molar-refractivity contribution < 1.29 is 23.8 Å². The number of para-hydroxylation sites is 2. The molecule has 0 radical (unpaired) electrons. The molecule has 0 bridgehead atoms. The fraction of sp³-hybridized carbons (Fsp3) is 0.172. The lowest BCUT2D eigenvalue weighted by atomic mass is 9.84. The van der Waals surface area contributed by atoms with E-state index in [1.807, 2.05) is 12.1 Å². The first-order valence-corrected chi connectivity index (χ1v) is 11.9. The number of rotatable bonds is 4. The van der Waals surface area contributed by atoms with Gasteiger partial charge < -0.3 is 28.7 Å². The Labute approximate surface area is 210 Å². The standard InChI is InChI=1S/C29H23NO7/c31-26-19-5-1-3-7-21(19)36-28(33)24(26)23(17-9-11-18(12-10-17)30-13-15-35-16-14-30)25-27(32)20-6-2-4-8-22(20)37-29(25)34/h1-12,23,31-32H,13-16H2. The summed E-state index contributed by atoms with van der Waals surface area (Å²) in [7, 11) is 0. The molecule has 6 rings (SSSR count). The smallest absolute Gasteiger partial charge is 0.344 e. The summed E-state index contributed by atoms with van der Waals surface area (Å²) in [5.74, 6) is -1.79. The Balaban J connectivity index is 1.61. The number of fused-ring (bicyclic) bond motifs is 2. The van der Waals surface area contributed by atoms with Gasteiger partial charge in [0.05, 0.1) is 41.0 Å². The van der Waals surface area contributed by atoms with Crippen molar-refractivity contribution in [1.82, 2.24) is 0 Å². The second-order valence-corrected chi connectivity index (χ2v) is 8.92. The summed E-state index contributed by atoms with van der Waals surface area (Å²) < 4.78 is 16.5. The highest BCUT2D eigenvalue weighted by molar-refractivity contribution is 5.87. The Kier molecular flexibility index (Phi) is 5.65. The van der Waals surface area contributed by atoms with E-state index < -0.39 is 17.2 Å². The van der Waals surface area contributed by atoms with Gasteiger partial charge in [0.25, 0.3) is 0 Å². The molecule has 2 N–H and O–H groups in total. The molecule has 0 atom stereocenters. The van der Waals surface area contributed by atoms with Crippen LogP contribution >= 0.6 is 0 Å². The predicted octanol–water partition coefficient (Wildman–Crippen LogP) is 4.33. The summed E-state index contributed by atoms with van der Waals surface area (Å²) in [6.07, 6.45) is 0. The molecule has 0 saturated carbocycles. The van der Waals surface area contributed by atoms with E-state index in [0.717, 1.165) is 18.8 Å². The molecule has 2 aromatic heterocycles. The molecule has 0 spiro atoms. The minimum absolute atomic E-state index is 0.157. The Bertz CT molecular complexity index is 1630. The number of nitrogens with zero attached hydrogens (tertiary/aromatic N) is 1. The van der Waals surface area contributed by atoms with Crippen LogP contribution in [-0.4, -0.2) is 36.5 Å². The number of hydrogen-bond acceptors (Lipinski definition) is 8. The van der Waals surface area contributed by atoms with Crippen LogP contribution in [0.1, 0.15) is 22.6 Å². The molecular formula is C29H23NO7. The van der Waals surface area contributed by atoms with Gasteiger partial charge in [-0.3, -0.25) is 0 Å². The minimum Gasteiger partial charge on any atom is -0.507 e. The van der Waals surface area contributed by atoms with Crippen LogP contribution < -0.4 is 16.2 Å². The summed E-state index contributed by atoms with van der Waals surface area (Å²) in [5, 5.41) is 23.2. The number of benzene rings is 3. The first kappa shape index (κ1) is 22.9. The maximum Gasteiger partial charge on any atom is 0.344 e. The van der Waals surface area contributed by atoms with Crippen molar-refractivity contribution in [2.24, 2.45) is 0 Å². The lowest BCUT2D eigenvalue weighted by molar-refractivity contribution is 0.122. The number of ether oxygens (including phenoxy) is 1. The maximum absolute atomic E-state index is 13.3. The van der Waals surface area contributed by atoms with E-state index in [-0.39, 0.29) is 33.8 Å². The number of anilines is 1. The minimum atomic E-state index is -1.15. The first-order chi connectivity index (χ1) is 18.0. The molecule has 1 aliphatic rings. The lowest BCUT2D eigenvalue weighted by Crippen LogP contribution is -2.36. The summed E-state index contributed by atoms with van der Waals surface area (Å²) in [6, 6.07) is 20.5. The monoisotopic (exact) mass is 497 g/mol. The van der Waals surface area contributed by atoms with Gasteiger partial charge in [-0.15, -0.1) is 0 Å². The zero-order valence-electron chi connectivity index (χ0n) is 19.7. The molecule has 8 nitrogen and oxygen atoms in total. The molecular weight excluding hydrogens is 474 g/mol. The predicted molar refractivity (Wildman–Crippen MR) is 139 cm³/mol. The first-order valence-electron chi connectivity index (χ1n) is 11.9. The number of morpholine rings is 1. The van der Waals surface area contributed by atoms with Gasteiger partial charge >= 0.3 is 11.3 Å². The van der Waals surface area contributed by atoms with Crippen molar-refractivity contribution in [2.45, 2.75) is 5.92 Å². The largest absolute Gasteiger partial charge is 0.507 e. The number of hydrogen-bond donors (Lipinski definition) is 2. The van der Waals surface area contributed by atoms with Gasteiger partial charge in [-0.2, -0.15) is 0 Å². The van der Waals surface area contributed by atoms with Crippen LogP contribution in [0.5, 0.6) is 11.5 Å². The zero-order chi connectivity index (χ0) is 25.5. The molecule has 37 heavy (non-hydrogen) atoms. The molecule has 3 aromatic carbocycles. The third-order valence-electron chi connectivity index (χ3n) is 6.82. The van der Waals surface area contributed by atoms with E-state index in [1.54, 1.807) is 60.7 Å². The molecule has 186 valence electrons. The van der Waals surface area contributed by atoms with E-state index in [2.05, 4.69) is 4.90 Å². The fourth-order valence-corrected chi connectivity index (χ4v) is 4.98. The van der Waals surface area contributed by atoms with E-state index in [9.17, 15) is 19.8 Å². The molecule has 3 heterocycles. The average molecular weight is 498 g/mol. The lowest BCUT2D eigenvalue weighted by Gasteiger charge is -2.29. The van der Waals surface area contributed by atoms with Crippen LogP contribution in [0.2, 0.25) is 0 Å². The van der Waals surface area contributed by atoms with Gasteiger partial charge in [0.1, 0.15) is 22.7 Å². The van der Waals surface area contributed by atoms with Crippen LogP contribution in [-0.2, 0) is 4.74 Å². The summed E-state index contributed by atoms with van der Waals surface area (Å²) in [5.41, 5.74) is -0.0554. The Morgan fingerprint density at radius 1 is 0.676 bits per heavy atom. The highest BCUT2D eigenvalue weighted by atomic mass is 16.5. The molecule has 8 heteroatoms. The van der Waals surface area contributed by atoms with Crippen molar-refractivity contribution >= 4 is 27.6 Å². The highest BCUT2D eigenvalue weighted by Crippen LogP contribution is 2.42. The van der Waals surface area contributed by atoms with Crippen LogP contribution in [0.3, 0.4) is 0 Å². The third kappa shape index (κ3) is 3.91. The van der Waals surface area contributed by atoms with Gasteiger partial charge in [0.2, 0.25) is 0 Å². The van der Waals surface area contributed by atoms with Crippen LogP contribution in [0.4, 0.5) is 5.69 Å². The second kappa shape index (κ2) is 9.15.